The number of rotatable bonds is 4. The summed E-state index contributed by atoms with van der Waals surface area (Å²) in [6.45, 7) is 9.19. The van der Waals surface area contributed by atoms with Crippen molar-refractivity contribution in [2.75, 3.05) is 44.7 Å². The van der Waals surface area contributed by atoms with E-state index in [1.807, 2.05) is 30.3 Å². The van der Waals surface area contributed by atoms with E-state index in [1.54, 1.807) is 26.2 Å². The van der Waals surface area contributed by atoms with Crippen LogP contribution < -0.4 is 24.0 Å². The molecule has 0 amide bonds. The fourth-order valence-electron chi connectivity index (χ4n) is 11.1. The Bertz CT molecular complexity index is 2300. The lowest BCUT2D eigenvalue weighted by Gasteiger charge is -2.52. The van der Waals surface area contributed by atoms with Crippen LogP contribution >= 0.6 is 0 Å². The van der Waals surface area contributed by atoms with Gasteiger partial charge in [0.1, 0.15) is 23.8 Å². The summed E-state index contributed by atoms with van der Waals surface area (Å²) >= 11 is 0. The quantitative estimate of drug-likeness (QED) is 0.172. The zero-order chi connectivity index (χ0) is 38.0. The first-order chi connectivity index (χ1) is 25.6. The fraction of sp³-hybridized carbons (Fsp3) is 0.362. The molecule has 1 fully saturated rings. The monoisotopic (exact) mass is 726 g/mol. The van der Waals surface area contributed by atoms with Gasteiger partial charge in [-0.25, -0.2) is 0 Å². The maximum atomic E-state index is 15.6. The average molecular weight is 727 g/mol. The third kappa shape index (κ3) is 4.92. The Morgan fingerprint density at radius 3 is 1.87 bits per heavy atom. The van der Waals surface area contributed by atoms with Crippen LogP contribution in [0.1, 0.15) is 74.8 Å². The predicted molar refractivity (Wildman–Crippen MR) is 215 cm³/mol. The largest absolute Gasteiger partial charge is 0.497 e. The molecular weight excluding hydrogens is 679 g/mol. The van der Waals surface area contributed by atoms with Gasteiger partial charge in [0.25, 0.3) is 0 Å². The molecule has 2 heterocycles. The highest BCUT2D eigenvalue weighted by atomic mass is 19.3. The number of ether oxygens (including phenoxy) is 3. The van der Waals surface area contributed by atoms with Gasteiger partial charge in [0.15, 0.2) is 5.60 Å². The third-order valence-electron chi connectivity index (χ3n) is 12.6. The summed E-state index contributed by atoms with van der Waals surface area (Å²) in [6, 6.07) is 26.0. The molecule has 0 radical (unpaired) electrons. The number of hydrogen-bond donors (Lipinski definition) is 0. The molecule has 7 heteroatoms. The van der Waals surface area contributed by atoms with Crippen molar-refractivity contribution in [1.82, 2.24) is 0 Å². The number of likely N-dealkylation sites (N-methyl/N-ethyl adjacent to an activating group) is 2. The van der Waals surface area contributed by atoms with Crippen LogP contribution in [0.3, 0.4) is 0 Å². The zero-order valence-corrected chi connectivity index (χ0v) is 32.4. The van der Waals surface area contributed by atoms with Crippen LogP contribution in [-0.2, 0) is 11.0 Å². The molecule has 0 N–H and O–H groups in total. The Labute approximate surface area is 317 Å². The van der Waals surface area contributed by atoms with Crippen molar-refractivity contribution in [3.8, 4) is 28.4 Å². The van der Waals surface area contributed by atoms with Crippen molar-refractivity contribution < 1.29 is 23.0 Å². The molecule has 5 aromatic rings. The van der Waals surface area contributed by atoms with Crippen molar-refractivity contribution in [3.05, 3.63) is 119 Å². The number of methoxy groups -OCH3 is 2. The second-order valence-electron chi connectivity index (χ2n) is 17.6. The van der Waals surface area contributed by atoms with Crippen LogP contribution in [0.15, 0.2) is 91.0 Å². The van der Waals surface area contributed by atoms with Gasteiger partial charge in [-0.15, -0.1) is 0 Å². The topological polar surface area (TPSA) is 34.2 Å². The third-order valence-corrected chi connectivity index (χ3v) is 12.6. The first-order valence-electron chi connectivity index (χ1n) is 18.9. The summed E-state index contributed by atoms with van der Waals surface area (Å²) in [7, 11) is 6.60. The van der Waals surface area contributed by atoms with E-state index in [9.17, 15) is 0 Å². The Hall–Kier alpha value is -5.04. The van der Waals surface area contributed by atoms with E-state index >= 15 is 8.78 Å². The maximum Gasteiger partial charge on any atom is 0.342 e. The molecule has 0 aromatic heterocycles. The van der Waals surface area contributed by atoms with Gasteiger partial charge in [0.2, 0.25) is 0 Å². The van der Waals surface area contributed by atoms with Crippen LogP contribution in [0, 0.1) is 10.8 Å². The van der Waals surface area contributed by atoms with Crippen molar-refractivity contribution >= 4 is 28.2 Å². The van der Waals surface area contributed by atoms with E-state index in [0.717, 1.165) is 80.1 Å². The van der Waals surface area contributed by atoms with E-state index in [0.29, 0.717) is 5.69 Å². The number of halogens is 2. The van der Waals surface area contributed by atoms with Crippen LogP contribution in [0.25, 0.3) is 28.0 Å². The lowest BCUT2D eigenvalue weighted by Crippen LogP contribution is -2.51. The SMILES string of the molecule is COc1ccc(C2(c3ccc(OC)cc3)C=Cc3c4c(c5cc6c(cc5c3O2)N(C)CC(F)(F)N6C)-c2ccccc2C42CC(C)(C)CC(C)(C)C2)cc1. The molecule has 0 unspecified atom stereocenters. The number of alkyl halides is 2. The van der Waals surface area contributed by atoms with Gasteiger partial charge in [-0.1, -0.05) is 82.3 Å². The van der Waals surface area contributed by atoms with E-state index in [4.69, 9.17) is 14.2 Å². The molecule has 2 aliphatic carbocycles. The van der Waals surface area contributed by atoms with Gasteiger partial charge < -0.3 is 24.0 Å². The highest BCUT2D eigenvalue weighted by Gasteiger charge is 2.56. The van der Waals surface area contributed by atoms with Gasteiger partial charge in [-0.2, -0.15) is 8.78 Å². The van der Waals surface area contributed by atoms with Crippen molar-refractivity contribution in [2.24, 2.45) is 10.8 Å². The molecule has 0 atom stereocenters. The number of fused-ring (bicyclic) bond motifs is 11. The summed E-state index contributed by atoms with van der Waals surface area (Å²) in [4.78, 5) is 2.83. The van der Waals surface area contributed by atoms with Gasteiger partial charge in [-0.05, 0) is 100 Å². The Morgan fingerprint density at radius 2 is 1.28 bits per heavy atom. The smallest absolute Gasteiger partial charge is 0.342 e. The van der Waals surface area contributed by atoms with Crippen LogP contribution in [-0.4, -0.2) is 40.9 Å². The van der Waals surface area contributed by atoms with Crippen LogP contribution in [0.5, 0.6) is 17.2 Å². The summed E-state index contributed by atoms with van der Waals surface area (Å²) < 4.78 is 50.0. The molecule has 1 saturated carbocycles. The first-order valence-corrected chi connectivity index (χ1v) is 18.9. The van der Waals surface area contributed by atoms with Crippen LogP contribution in [0.4, 0.5) is 20.2 Å². The minimum absolute atomic E-state index is 0.0499. The molecular formula is C47H48F2N2O3. The van der Waals surface area contributed by atoms with E-state index in [-0.39, 0.29) is 16.2 Å². The number of benzene rings is 5. The molecule has 9 rings (SSSR count). The van der Waals surface area contributed by atoms with Crippen molar-refractivity contribution in [2.45, 2.75) is 64.0 Å². The highest BCUT2D eigenvalue weighted by molar-refractivity contribution is 6.11. The van der Waals surface area contributed by atoms with Crippen molar-refractivity contribution in [3.63, 3.8) is 0 Å². The number of nitrogens with zero attached hydrogens (tertiary/aromatic N) is 2. The zero-order valence-electron chi connectivity index (χ0n) is 32.4. The average Bonchev–Trinajstić information content (AvgIpc) is 3.40. The summed E-state index contributed by atoms with van der Waals surface area (Å²) in [5.41, 5.74) is 7.87. The number of anilines is 2. The molecule has 2 aliphatic heterocycles. The van der Waals surface area contributed by atoms with E-state index in [2.05, 4.69) is 94.4 Å². The minimum atomic E-state index is -3.03. The van der Waals surface area contributed by atoms with E-state index < -0.39 is 18.2 Å². The maximum absolute atomic E-state index is 15.6. The lowest BCUT2D eigenvalue weighted by molar-refractivity contribution is 0.00828. The summed E-state index contributed by atoms with van der Waals surface area (Å²) in [5.74, 6) is 2.28. The summed E-state index contributed by atoms with van der Waals surface area (Å²) in [6.07, 6.45) is 7.54. The van der Waals surface area contributed by atoms with E-state index in [1.165, 1.54) is 23.7 Å². The Balaban J connectivity index is 1.41. The molecule has 0 saturated heterocycles. The second-order valence-corrected chi connectivity index (χ2v) is 17.6. The van der Waals surface area contributed by atoms with Gasteiger partial charge in [0, 0.05) is 41.6 Å². The molecule has 1 spiro atoms. The van der Waals surface area contributed by atoms with Crippen molar-refractivity contribution in [1.29, 1.82) is 0 Å². The number of hydrogen-bond acceptors (Lipinski definition) is 5. The second kappa shape index (κ2) is 11.5. The van der Waals surface area contributed by atoms with Gasteiger partial charge in [0.05, 0.1) is 25.6 Å². The molecule has 5 nitrogen and oxygen atoms in total. The van der Waals surface area contributed by atoms with Crippen LogP contribution in [0.2, 0.25) is 0 Å². The normalized spacial score (nSPS) is 20.5. The molecule has 54 heavy (non-hydrogen) atoms. The predicted octanol–water partition coefficient (Wildman–Crippen LogP) is 11.2. The minimum Gasteiger partial charge on any atom is -0.497 e. The summed E-state index contributed by atoms with van der Waals surface area (Å²) in [5, 5.41) is 1.84. The Morgan fingerprint density at radius 1 is 0.704 bits per heavy atom. The van der Waals surface area contributed by atoms with Gasteiger partial charge >= 0.3 is 6.05 Å². The first kappa shape index (κ1) is 34.7. The molecule has 4 aliphatic rings. The molecule has 0 bridgehead atoms. The Kier molecular flexibility index (Phi) is 7.38. The fourth-order valence-corrected chi connectivity index (χ4v) is 11.1. The molecule has 5 aromatic carbocycles. The molecule has 278 valence electrons. The highest BCUT2D eigenvalue weighted by Crippen LogP contribution is 2.67. The lowest BCUT2D eigenvalue weighted by atomic mass is 9.52. The van der Waals surface area contributed by atoms with Gasteiger partial charge in [-0.3, -0.25) is 0 Å². The standard InChI is InChI=1S/C47H48F2N2O3/c1-43(2)25-44(3,4)27-45(26-43)37-12-10-9-11-33(37)40-35-23-39-38(50(5)28-47(48,49)51(39)6)24-36(35)42-34(41(40)45)21-22-46(54-42,29-13-17-31(52-7)18-14-29)30-15-19-32(53-8)20-16-30/h9-24H,25-28H2,1-8H3.